The lowest BCUT2D eigenvalue weighted by molar-refractivity contribution is 0.0572. The van der Waals surface area contributed by atoms with Crippen LogP contribution in [0.5, 0.6) is 0 Å². The van der Waals surface area contributed by atoms with Crippen LogP contribution in [0.15, 0.2) is 18.3 Å². The number of hydrogen-bond acceptors (Lipinski definition) is 4. The first-order chi connectivity index (χ1) is 6.27. The van der Waals surface area contributed by atoms with Gasteiger partial charge in [-0.2, -0.15) is 0 Å². The molecule has 0 amide bonds. The smallest absolute Gasteiger partial charge is 0.128 e. The molecule has 0 aliphatic carbocycles. The van der Waals surface area contributed by atoms with Crippen LogP contribution in [0.2, 0.25) is 0 Å². The summed E-state index contributed by atoms with van der Waals surface area (Å²) in [6, 6.07) is 6.39. The van der Waals surface area contributed by atoms with Crippen molar-refractivity contribution < 1.29 is 10.2 Å². The molecule has 4 heteroatoms. The molecule has 2 heterocycles. The zero-order valence-corrected chi connectivity index (χ0v) is 7.09. The molecule has 0 spiro atoms. The Morgan fingerprint density at radius 3 is 2.62 bits per heavy atom. The third-order valence-electron chi connectivity index (χ3n) is 2.18. The van der Waals surface area contributed by atoms with Crippen LogP contribution in [-0.4, -0.2) is 40.5 Å². The monoisotopic (exact) mass is 179 g/mol. The summed E-state index contributed by atoms with van der Waals surface area (Å²) in [6.07, 6.45) is 0.254. The van der Waals surface area contributed by atoms with Gasteiger partial charge in [0.1, 0.15) is 5.82 Å². The van der Waals surface area contributed by atoms with E-state index in [1.807, 2.05) is 11.0 Å². The van der Waals surface area contributed by atoms with Gasteiger partial charge in [0.15, 0.2) is 0 Å². The van der Waals surface area contributed by atoms with Crippen LogP contribution < -0.4 is 4.90 Å². The lowest BCUT2D eigenvalue weighted by Crippen LogP contribution is -2.22. The maximum Gasteiger partial charge on any atom is 0.128 e. The molecular formula is C9H11N2O2. The molecule has 0 bridgehead atoms. The predicted molar refractivity (Wildman–Crippen MR) is 47.3 cm³/mol. The fraction of sp³-hybridized carbons (Fsp3) is 0.444. The Hall–Kier alpha value is -1.13. The minimum atomic E-state index is -0.661. The first-order valence-electron chi connectivity index (χ1n) is 4.20. The number of aromatic nitrogens is 1. The predicted octanol–water partition coefficient (Wildman–Crippen LogP) is -0.576. The first kappa shape index (κ1) is 8.47. The maximum absolute atomic E-state index is 9.30. The molecule has 1 aliphatic heterocycles. The summed E-state index contributed by atoms with van der Waals surface area (Å²) >= 11 is 0. The summed E-state index contributed by atoms with van der Waals surface area (Å²) in [5.74, 6) is 0.773. The van der Waals surface area contributed by atoms with Gasteiger partial charge in [-0.1, -0.05) is 0 Å². The van der Waals surface area contributed by atoms with Crippen LogP contribution in [0.4, 0.5) is 5.82 Å². The summed E-state index contributed by atoms with van der Waals surface area (Å²) < 4.78 is 0. The SMILES string of the molecule is O[C@H]1CN(c2cc[c]cn2)C[C@@H]1O. The van der Waals surface area contributed by atoms with Crippen molar-refractivity contribution in [3.8, 4) is 0 Å². The van der Waals surface area contributed by atoms with Gasteiger partial charge in [-0.3, -0.25) is 0 Å². The number of aliphatic hydroxyl groups is 2. The van der Waals surface area contributed by atoms with Crippen molar-refractivity contribution in [2.45, 2.75) is 12.2 Å². The topological polar surface area (TPSA) is 56.6 Å². The van der Waals surface area contributed by atoms with Crippen LogP contribution in [0, 0.1) is 6.07 Å². The molecule has 1 aromatic heterocycles. The third-order valence-corrected chi connectivity index (χ3v) is 2.18. The molecule has 1 aromatic rings. The Kier molecular flexibility index (Phi) is 2.16. The number of aliphatic hydroxyl groups excluding tert-OH is 2. The van der Waals surface area contributed by atoms with Crippen LogP contribution in [0.3, 0.4) is 0 Å². The zero-order chi connectivity index (χ0) is 9.26. The summed E-state index contributed by atoms with van der Waals surface area (Å²) in [7, 11) is 0. The Labute approximate surface area is 76.5 Å². The van der Waals surface area contributed by atoms with Gasteiger partial charge in [0.25, 0.3) is 0 Å². The highest BCUT2D eigenvalue weighted by Gasteiger charge is 2.29. The number of anilines is 1. The van der Waals surface area contributed by atoms with Crippen molar-refractivity contribution in [1.29, 1.82) is 0 Å². The second-order valence-electron chi connectivity index (χ2n) is 3.16. The molecule has 1 saturated heterocycles. The van der Waals surface area contributed by atoms with Gasteiger partial charge >= 0.3 is 0 Å². The number of hydrogen-bond donors (Lipinski definition) is 2. The highest BCUT2D eigenvalue weighted by molar-refractivity contribution is 5.39. The molecular weight excluding hydrogens is 168 g/mol. The number of rotatable bonds is 1. The van der Waals surface area contributed by atoms with Gasteiger partial charge in [-0.15, -0.1) is 0 Å². The fourth-order valence-corrected chi connectivity index (χ4v) is 1.46. The van der Waals surface area contributed by atoms with E-state index in [2.05, 4.69) is 11.1 Å². The van der Waals surface area contributed by atoms with Gasteiger partial charge in [0, 0.05) is 25.4 Å². The molecule has 1 fully saturated rings. The molecule has 4 nitrogen and oxygen atoms in total. The standard InChI is InChI=1S/C9H11N2O2/c12-7-5-11(6-8(7)13)9-3-1-2-4-10-9/h1,3-4,7-8,12-13H,5-6H2/t7-,8-/m0/s1. The van der Waals surface area contributed by atoms with Crippen molar-refractivity contribution in [2.24, 2.45) is 0 Å². The molecule has 0 saturated carbocycles. The van der Waals surface area contributed by atoms with E-state index in [0.717, 1.165) is 5.82 Å². The van der Waals surface area contributed by atoms with Crippen molar-refractivity contribution in [3.63, 3.8) is 0 Å². The van der Waals surface area contributed by atoms with Gasteiger partial charge < -0.3 is 15.1 Å². The Morgan fingerprint density at radius 1 is 1.38 bits per heavy atom. The fourth-order valence-electron chi connectivity index (χ4n) is 1.46. The minimum Gasteiger partial charge on any atom is -0.389 e. The zero-order valence-electron chi connectivity index (χ0n) is 7.09. The van der Waals surface area contributed by atoms with E-state index in [-0.39, 0.29) is 0 Å². The van der Waals surface area contributed by atoms with E-state index in [1.54, 1.807) is 12.3 Å². The number of nitrogens with zero attached hydrogens (tertiary/aromatic N) is 2. The first-order valence-corrected chi connectivity index (χ1v) is 4.20. The molecule has 13 heavy (non-hydrogen) atoms. The van der Waals surface area contributed by atoms with Crippen molar-refractivity contribution in [1.82, 2.24) is 4.98 Å². The Balaban J connectivity index is 2.12. The van der Waals surface area contributed by atoms with Gasteiger partial charge in [-0.25, -0.2) is 4.98 Å². The quantitative estimate of drug-likeness (QED) is 0.606. The Morgan fingerprint density at radius 2 is 2.08 bits per heavy atom. The van der Waals surface area contributed by atoms with Crippen LogP contribution in [-0.2, 0) is 0 Å². The summed E-state index contributed by atoms with van der Waals surface area (Å²) in [6.45, 7) is 0.885. The molecule has 2 rings (SSSR count). The Bertz CT molecular complexity index is 268. The molecule has 0 aromatic carbocycles. The van der Waals surface area contributed by atoms with Crippen molar-refractivity contribution in [3.05, 3.63) is 24.4 Å². The normalized spacial score (nSPS) is 28.0. The van der Waals surface area contributed by atoms with E-state index in [0.29, 0.717) is 13.1 Å². The van der Waals surface area contributed by atoms with E-state index in [4.69, 9.17) is 0 Å². The van der Waals surface area contributed by atoms with Gasteiger partial charge in [0.05, 0.1) is 12.2 Å². The van der Waals surface area contributed by atoms with Gasteiger partial charge in [0.2, 0.25) is 0 Å². The highest BCUT2D eigenvalue weighted by atomic mass is 16.3. The maximum atomic E-state index is 9.30. The van der Waals surface area contributed by atoms with Crippen molar-refractivity contribution >= 4 is 5.82 Å². The van der Waals surface area contributed by atoms with E-state index in [1.165, 1.54) is 0 Å². The second kappa shape index (κ2) is 3.32. The van der Waals surface area contributed by atoms with Crippen molar-refractivity contribution in [2.75, 3.05) is 18.0 Å². The molecule has 2 atom stereocenters. The van der Waals surface area contributed by atoms with E-state index in [9.17, 15) is 10.2 Å². The number of pyridine rings is 1. The number of β-amino-alcohol motifs (C(OH)–C–C–N with tert-alkyl or cyclic N) is 2. The molecule has 1 aliphatic rings. The van der Waals surface area contributed by atoms with Crippen LogP contribution in [0.1, 0.15) is 0 Å². The lowest BCUT2D eigenvalue weighted by Gasteiger charge is -2.15. The molecule has 1 radical (unpaired) electrons. The summed E-state index contributed by atoms with van der Waals surface area (Å²) in [5, 5.41) is 18.6. The second-order valence-corrected chi connectivity index (χ2v) is 3.16. The third kappa shape index (κ3) is 1.64. The van der Waals surface area contributed by atoms with E-state index < -0.39 is 12.2 Å². The average molecular weight is 179 g/mol. The molecule has 2 N–H and O–H groups in total. The highest BCUT2D eigenvalue weighted by Crippen LogP contribution is 2.17. The van der Waals surface area contributed by atoms with Gasteiger partial charge in [-0.05, 0) is 12.1 Å². The molecule has 69 valence electrons. The molecule has 0 unspecified atom stereocenters. The van der Waals surface area contributed by atoms with E-state index >= 15 is 0 Å². The van der Waals surface area contributed by atoms with Crippen LogP contribution in [0.25, 0.3) is 0 Å². The lowest BCUT2D eigenvalue weighted by atomic mass is 10.3. The summed E-state index contributed by atoms with van der Waals surface area (Å²) in [5.41, 5.74) is 0. The average Bonchev–Trinajstić information content (AvgIpc) is 2.49. The summed E-state index contributed by atoms with van der Waals surface area (Å²) in [4.78, 5) is 5.93. The largest absolute Gasteiger partial charge is 0.389 e. The minimum absolute atomic E-state index is 0.443. The van der Waals surface area contributed by atoms with Crippen LogP contribution >= 0.6 is 0 Å².